The van der Waals surface area contributed by atoms with Gasteiger partial charge >= 0.3 is 0 Å². The van der Waals surface area contributed by atoms with Gasteiger partial charge in [-0.15, -0.1) is 0 Å². The van der Waals surface area contributed by atoms with E-state index >= 15 is 0 Å². The first-order valence-corrected chi connectivity index (χ1v) is 26.2. The van der Waals surface area contributed by atoms with E-state index in [2.05, 4.69) is 304 Å². The fraction of sp³-hybridized carbons (Fsp3) is 0.0541. The molecule has 354 valence electrons. The van der Waals surface area contributed by atoms with Crippen LogP contribution in [-0.4, -0.2) is 0 Å². The Bertz CT molecular complexity index is 4070. The van der Waals surface area contributed by atoms with Crippen LogP contribution in [0.2, 0.25) is 0 Å². The fourth-order valence-corrected chi connectivity index (χ4v) is 12.7. The van der Waals surface area contributed by atoms with Gasteiger partial charge in [-0.25, -0.2) is 0 Å². The lowest BCUT2D eigenvalue weighted by molar-refractivity contribution is 0.660. The van der Waals surface area contributed by atoms with Gasteiger partial charge in [-0.2, -0.15) is 0 Å². The highest BCUT2D eigenvalue weighted by atomic mass is 15.1. The number of nitrogens with zero attached hydrogens (tertiary/aromatic N) is 1. The molecule has 1 nitrogen and oxygen atoms in total. The lowest BCUT2D eigenvalue weighted by atomic mass is 9.67. The van der Waals surface area contributed by atoms with Crippen LogP contribution in [0.1, 0.15) is 47.2 Å². The maximum atomic E-state index is 2.45. The normalized spacial score (nSPS) is 13.4. The molecule has 2 aliphatic carbocycles. The highest BCUT2D eigenvalue weighted by Gasteiger charge is 2.46. The Labute approximate surface area is 440 Å². The predicted molar refractivity (Wildman–Crippen MR) is 315 cm³/mol. The van der Waals surface area contributed by atoms with Crippen LogP contribution < -0.4 is 4.90 Å². The van der Waals surface area contributed by atoms with Crippen molar-refractivity contribution in [2.45, 2.75) is 24.7 Å². The SMILES string of the molecule is CC1(C)c2ccccc2-c2ccc(-c3ccc(N(c4ccc(-c5cccc(-c6cccc7ccccc67)c5)cc4)c4ccc(-c5ccc6c(c5)C(c5ccccc5)(c5ccccc5)c5ccccc5-6)cc4)cc3)cc21. The van der Waals surface area contributed by atoms with E-state index in [0.717, 1.165) is 17.1 Å². The number of hydrogen-bond acceptors (Lipinski definition) is 1. The lowest BCUT2D eigenvalue weighted by Gasteiger charge is -2.34. The summed E-state index contributed by atoms with van der Waals surface area (Å²) in [5.41, 5.74) is 25.6. The largest absolute Gasteiger partial charge is 0.311 e. The zero-order chi connectivity index (χ0) is 50.1. The summed E-state index contributed by atoms with van der Waals surface area (Å²) >= 11 is 0. The Hall–Kier alpha value is -9.30. The molecule has 0 N–H and O–H groups in total. The molecule has 0 aliphatic heterocycles. The van der Waals surface area contributed by atoms with E-state index in [4.69, 9.17) is 0 Å². The minimum Gasteiger partial charge on any atom is -0.311 e. The van der Waals surface area contributed by atoms with Gasteiger partial charge < -0.3 is 4.90 Å². The van der Waals surface area contributed by atoms with Crippen LogP contribution in [0.5, 0.6) is 0 Å². The van der Waals surface area contributed by atoms with Crippen molar-refractivity contribution in [1.29, 1.82) is 0 Å². The van der Waals surface area contributed by atoms with Crippen molar-refractivity contribution in [3.8, 4) is 66.8 Å². The van der Waals surface area contributed by atoms with Crippen molar-refractivity contribution in [2.24, 2.45) is 0 Å². The van der Waals surface area contributed by atoms with Crippen molar-refractivity contribution in [3.63, 3.8) is 0 Å². The number of rotatable bonds is 9. The van der Waals surface area contributed by atoms with Gasteiger partial charge in [0.25, 0.3) is 0 Å². The third-order valence-corrected chi connectivity index (χ3v) is 16.4. The standard InChI is InChI=1S/C74H53N/c1-73(2)69-29-13-11-26-65(69)67-45-37-55(48-71(67)73)51-33-41-61(42-34-51)75(60-39-31-50(32-40-60)54-19-15-20-57(47-54)64-28-16-18-53-17-9-10-25-63(53)64)62-43-35-52(36-44-62)56-38-46-68-66-27-12-14-30-70(66)74(72(68)49-56,58-21-5-3-6-22-58)59-23-7-4-8-24-59/h3-49H,1-2H3. The zero-order valence-electron chi connectivity index (χ0n) is 42.1. The average Bonchev–Trinajstić information content (AvgIpc) is 3.96. The third kappa shape index (κ3) is 7.22. The summed E-state index contributed by atoms with van der Waals surface area (Å²) in [6.45, 7) is 4.71. The highest BCUT2D eigenvalue weighted by molar-refractivity contribution is 5.97. The summed E-state index contributed by atoms with van der Waals surface area (Å²) in [5.74, 6) is 0. The second kappa shape index (κ2) is 17.7. The summed E-state index contributed by atoms with van der Waals surface area (Å²) < 4.78 is 0. The quantitative estimate of drug-likeness (QED) is 0.139. The summed E-state index contributed by atoms with van der Waals surface area (Å²) in [7, 11) is 0. The van der Waals surface area contributed by atoms with Gasteiger partial charge in [-0.05, 0) is 166 Å². The second-order valence-corrected chi connectivity index (χ2v) is 20.8. The molecule has 0 unspecified atom stereocenters. The predicted octanol–water partition coefficient (Wildman–Crippen LogP) is 19.6. The van der Waals surface area contributed by atoms with E-state index in [9.17, 15) is 0 Å². The van der Waals surface area contributed by atoms with Gasteiger partial charge in [0.2, 0.25) is 0 Å². The Morgan fingerprint density at radius 1 is 0.253 bits per heavy atom. The maximum Gasteiger partial charge on any atom is 0.0713 e. The van der Waals surface area contributed by atoms with Crippen LogP contribution in [-0.2, 0) is 10.8 Å². The summed E-state index contributed by atoms with van der Waals surface area (Å²) in [4.78, 5) is 2.39. The number of benzene rings is 12. The maximum absolute atomic E-state index is 2.45. The number of anilines is 3. The molecule has 0 spiro atoms. The van der Waals surface area contributed by atoms with Gasteiger partial charge in [0.05, 0.1) is 5.41 Å². The molecule has 12 aromatic rings. The van der Waals surface area contributed by atoms with Gasteiger partial charge in [-0.3, -0.25) is 0 Å². The van der Waals surface area contributed by atoms with E-state index < -0.39 is 5.41 Å². The molecule has 0 fully saturated rings. The topological polar surface area (TPSA) is 3.24 Å². The molecule has 0 atom stereocenters. The molecule has 0 saturated heterocycles. The van der Waals surface area contributed by atoms with E-state index in [1.54, 1.807) is 0 Å². The van der Waals surface area contributed by atoms with Crippen LogP contribution in [0.4, 0.5) is 17.1 Å². The van der Waals surface area contributed by atoms with Crippen molar-refractivity contribution in [1.82, 2.24) is 0 Å². The van der Waals surface area contributed by atoms with E-state index in [1.807, 2.05) is 0 Å². The Morgan fingerprint density at radius 2 is 0.653 bits per heavy atom. The Morgan fingerprint density at radius 3 is 1.25 bits per heavy atom. The smallest absolute Gasteiger partial charge is 0.0713 e. The molecular weight excluding hydrogens is 903 g/mol. The average molecular weight is 956 g/mol. The van der Waals surface area contributed by atoms with Gasteiger partial charge in [-0.1, -0.05) is 244 Å². The van der Waals surface area contributed by atoms with Crippen LogP contribution in [0.15, 0.2) is 285 Å². The van der Waals surface area contributed by atoms with Crippen molar-refractivity contribution >= 4 is 27.8 Å². The molecule has 14 rings (SSSR count). The zero-order valence-corrected chi connectivity index (χ0v) is 42.1. The van der Waals surface area contributed by atoms with Crippen LogP contribution in [0.3, 0.4) is 0 Å². The molecule has 75 heavy (non-hydrogen) atoms. The number of hydrogen-bond donors (Lipinski definition) is 0. The summed E-state index contributed by atoms with van der Waals surface area (Å²) in [5, 5.41) is 2.51. The fourth-order valence-electron chi connectivity index (χ4n) is 12.7. The molecule has 0 aromatic heterocycles. The summed E-state index contributed by atoms with van der Waals surface area (Å²) in [6.07, 6.45) is 0. The minimum atomic E-state index is -0.461. The monoisotopic (exact) mass is 955 g/mol. The van der Waals surface area contributed by atoms with Gasteiger partial charge in [0.1, 0.15) is 0 Å². The third-order valence-electron chi connectivity index (χ3n) is 16.4. The van der Waals surface area contributed by atoms with Crippen molar-refractivity contribution in [3.05, 3.63) is 318 Å². The van der Waals surface area contributed by atoms with E-state index in [0.29, 0.717) is 0 Å². The minimum absolute atomic E-state index is 0.0635. The van der Waals surface area contributed by atoms with Crippen LogP contribution >= 0.6 is 0 Å². The molecule has 2 aliphatic rings. The van der Waals surface area contributed by atoms with Gasteiger partial charge in [0, 0.05) is 22.5 Å². The first kappa shape index (κ1) is 44.4. The Balaban J connectivity index is 0.846. The first-order valence-electron chi connectivity index (χ1n) is 26.2. The molecule has 0 radical (unpaired) electrons. The second-order valence-electron chi connectivity index (χ2n) is 20.8. The van der Waals surface area contributed by atoms with Crippen molar-refractivity contribution in [2.75, 3.05) is 4.90 Å². The lowest BCUT2D eigenvalue weighted by Crippen LogP contribution is -2.28. The highest BCUT2D eigenvalue weighted by Crippen LogP contribution is 2.57. The number of fused-ring (bicyclic) bond motifs is 7. The first-order chi connectivity index (χ1) is 36.9. The molecule has 0 saturated carbocycles. The van der Waals surface area contributed by atoms with Crippen LogP contribution in [0, 0.1) is 0 Å². The van der Waals surface area contributed by atoms with Gasteiger partial charge in [0.15, 0.2) is 0 Å². The molecule has 1 heteroatoms. The summed E-state index contributed by atoms with van der Waals surface area (Å²) in [6, 6.07) is 106. The molecule has 0 bridgehead atoms. The van der Waals surface area contributed by atoms with Crippen LogP contribution in [0.25, 0.3) is 77.5 Å². The Kier molecular flexibility index (Phi) is 10.5. The van der Waals surface area contributed by atoms with Crippen molar-refractivity contribution < 1.29 is 0 Å². The molecule has 12 aromatic carbocycles. The molecule has 0 heterocycles. The molecule has 0 amide bonds. The molecular formula is C74H53N. The van der Waals surface area contributed by atoms with E-state index in [1.165, 1.54) is 111 Å². The van der Waals surface area contributed by atoms with E-state index in [-0.39, 0.29) is 5.41 Å².